The molecule has 9 N–H and O–H groups in total. The number of aromatic nitrogens is 1. The molecule has 0 aliphatic carbocycles. The van der Waals surface area contributed by atoms with Gasteiger partial charge in [-0.05, 0) is 85.3 Å². The summed E-state index contributed by atoms with van der Waals surface area (Å²) in [5.41, 5.74) is 16.6. The SMILES string of the molecule is Cc1nc(-c2ccc(C(C)(C)C)cc2)ccc1C(=O)NC(CCN)C(=O)N(C)[C@@H]1C(=O)N[C@@H](C)C(=O)N[C@H](C(=O)NCC#N)Cc2ccc(O)c(c2)-c2cc1ccc2OCCN. The van der Waals surface area contributed by atoms with Crippen molar-refractivity contribution in [3.8, 4) is 40.0 Å². The largest absolute Gasteiger partial charge is 0.507 e. The Bertz CT molecular complexity index is 2350. The molecule has 62 heavy (non-hydrogen) atoms. The lowest BCUT2D eigenvalue weighted by molar-refractivity contribution is -0.141. The molecule has 0 saturated heterocycles. The standard InChI is InChI=1S/C46H55N9O7/c1-26-32(13-14-35(51-26)29-8-11-31(12-9-29)46(3,4)5)42(58)53-36(17-18-47)45(61)55(6)40-30-10-16-39(62-22-20-49)34(25-30)33-23-28(7-15-38(33)56)24-37(43(59)50-21-19-48)54-41(57)27(2)52-44(40)60/h7-16,23,25,27,36-37,40,56H,17-18,20-22,24,47,49H2,1-6H3,(H,50,59)(H,52,60)(H,53,58)(H,54,57)/t27-,36?,37-,40-/m0/s1. The summed E-state index contributed by atoms with van der Waals surface area (Å²) in [6, 6.07) is 17.7. The van der Waals surface area contributed by atoms with Crippen LogP contribution in [0.25, 0.3) is 22.4 Å². The number of benzene rings is 3. The Balaban J connectivity index is 1.52. The van der Waals surface area contributed by atoms with E-state index in [0.717, 1.165) is 10.5 Å². The Morgan fingerprint density at radius 1 is 0.984 bits per heavy atom. The van der Waals surface area contributed by atoms with Crippen molar-refractivity contribution in [3.63, 3.8) is 0 Å². The number of nitrogens with two attached hydrogens (primary N) is 2. The number of phenols is 1. The molecule has 1 aliphatic heterocycles. The van der Waals surface area contributed by atoms with Crippen LogP contribution in [0.2, 0.25) is 0 Å². The van der Waals surface area contributed by atoms with Crippen molar-refractivity contribution >= 4 is 29.5 Å². The van der Waals surface area contributed by atoms with Gasteiger partial charge >= 0.3 is 0 Å². The lowest BCUT2D eigenvalue weighted by Gasteiger charge is -2.32. The van der Waals surface area contributed by atoms with E-state index in [0.29, 0.717) is 28.3 Å². The first-order valence-corrected chi connectivity index (χ1v) is 20.4. The molecular formula is C46H55N9O7. The molecule has 4 atom stereocenters. The van der Waals surface area contributed by atoms with E-state index in [1.54, 1.807) is 49.4 Å². The number of nitriles is 1. The summed E-state index contributed by atoms with van der Waals surface area (Å²) in [4.78, 5) is 75.4. The Hall–Kier alpha value is -6.83. The average molecular weight is 846 g/mol. The fourth-order valence-electron chi connectivity index (χ4n) is 7.18. The van der Waals surface area contributed by atoms with Crippen LogP contribution in [-0.4, -0.2) is 95.9 Å². The number of phenolic OH excluding ortho intramolecular Hbond substituents is 1. The second kappa shape index (κ2) is 20.2. The van der Waals surface area contributed by atoms with Crippen molar-refractivity contribution in [2.75, 3.05) is 33.3 Å². The van der Waals surface area contributed by atoms with Gasteiger partial charge in [-0.2, -0.15) is 5.26 Å². The van der Waals surface area contributed by atoms with Crippen molar-refractivity contribution in [1.82, 2.24) is 31.2 Å². The number of aromatic hydroxyl groups is 1. The summed E-state index contributed by atoms with van der Waals surface area (Å²) in [6.07, 6.45) is -0.0191. The van der Waals surface area contributed by atoms with Crippen LogP contribution in [0, 0.1) is 18.3 Å². The minimum Gasteiger partial charge on any atom is -0.507 e. The number of carbonyl (C=O) groups is 5. The van der Waals surface area contributed by atoms with Crippen LogP contribution in [0.15, 0.2) is 72.8 Å². The number of hydrogen-bond acceptors (Lipinski definition) is 11. The monoisotopic (exact) mass is 845 g/mol. The van der Waals surface area contributed by atoms with Crippen LogP contribution < -0.4 is 37.5 Å². The summed E-state index contributed by atoms with van der Waals surface area (Å²) < 4.78 is 5.97. The fourth-order valence-corrected chi connectivity index (χ4v) is 7.18. The van der Waals surface area contributed by atoms with Crippen LogP contribution in [-0.2, 0) is 31.0 Å². The van der Waals surface area contributed by atoms with Crippen molar-refractivity contribution in [3.05, 3.63) is 101 Å². The Kier molecular flexibility index (Phi) is 15.0. The second-order valence-corrected chi connectivity index (χ2v) is 16.2. The molecule has 0 spiro atoms. The summed E-state index contributed by atoms with van der Waals surface area (Å²) in [7, 11) is 1.40. The first-order valence-electron chi connectivity index (χ1n) is 20.4. The third kappa shape index (κ3) is 10.9. The molecule has 1 unspecified atom stereocenters. The number of rotatable bonds is 12. The van der Waals surface area contributed by atoms with E-state index in [4.69, 9.17) is 26.5 Å². The maximum absolute atomic E-state index is 14.5. The van der Waals surface area contributed by atoms with Gasteiger partial charge in [-0.15, -0.1) is 0 Å². The summed E-state index contributed by atoms with van der Waals surface area (Å²) >= 11 is 0. The molecule has 5 amide bonds. The van der Waals surface area contributed by atoms with Crippen molar-refractivity contribution in [2.24, 2.45) is 11.5 Å². The number of likely N-dealkylation sites (N-methyl/N-ethyl adjacent to an activating group) is 1. The number of fused-ring (bicyclic) bond motifs is 5. The minimum atomic E-state index is -1.41. The van der Waals surface area contributed by atoms with E-state index < -0.39 is 53.7 Å². The summed E-state index contributed by atoms with van der Waals surface area (Å²) in [6.45, 7) is 9.52. The second-order valence-electron chi connectivity index (χ2n) is 16.2. The maximum Gasteiger partial charge on any atom is 0.253 e. The number of aryl methyl sites for hydroxylation is 1. The van der Waals surface area contributed by atoms with Crippen LogP contribution in [0.3, 0.4) is 0 Å². The van der Waals surface area contributed by atoms with Gasteiger partial charge in [0.2, 0.25) is 23.6 Å². The maximum atomic E-state index is 14.5. The molecule has 1 aliphatic rings. The number of ether oxygens (including phenoxy) is 1. The highest BCUT2D eigenvalue weighted by Gasteiger charge is 2.36. The van der Waals surface area contributed by atoms with Crippen LogP contribution in [0.4, 0.5) is 0 Å². The predicted octanol–water partition coefficient (Wildman–Crippen LogP) is 2.90. The predicted molar refractivity (Wildman–Crippen MR) is 234 cm³/mol. The van der Waals surface area contributed by atoms with E-state index in [-0.39, 0.29) is 66.9 Å². The topological polar surface area (TPSA) is 255 Å². The van der Waals surface area contributed by atoms with Gasteiger partial charge in [0.15, 0.2) is 0 Å². The van der Waals surface area contributed by atoms with Gasteiger partial charge in [-0.3, -0.25) is 29.0 Å². The zero-order valence-corrected chi connectivity index (χ0v) is 35.9. The van der Waals surface area contributed by atoms with Gasteiger partial charge < -0.3 is 47.5 Å². The third-order valence-electron chi connectivity index (χ3n) is 10.6. The van der Waals surface area contributed by atoms with Crippen molar-refractivity contribution < 1.29 is 33.8 Å². The zero-order valence-electron chi connectivity index (χ0n) is 35.9. The fraction of sp³-hybridized carbons (Fsp3) is 0.370. The van der Waals surface area contributed by atoms with Crippen LogP contribution in [0.1, 0.15) is 72.9 Å². The molecule has 4 bridgehead atoms. The van der Waals surface area contributed by atoms with Crippen molar-refractivity contribution in [1.29, 1.82) is 5.26 Å². The first kappa shape index (κ1) is 46.2. The quantitative estimate of drug-likeness (QED) is 0.102. The number of amides is 5. The lowest BCUT2D eigenvalue weighted by atomic mass is 9.86. The van der Waals surface area contributed by atoms with Gasteiger partial charge in [0.25, 0.3) is 5.91 Å². The molecule has 1 aromatic heterocycles. The molecule has 5 rings (SSSR count). The molecule has 0 radical (unpaired) electrons. The summed E-state index contributed by atoms with van der Waals surface area (Å²) in [5.74, 6) is -3.21. The first-order chi connectivity index (χ1) is 29.5. The van der Waals surface area contributed by atoms with Gasteiger partial charge in [0.1, 0.15) is 48.8 Å². The minimum absolute atomic E-state index is 0.00931. The average Bonchev–Trinajstić information content (AvgIpc) is 3.24. The van der Waals surface area contributed by atoms with Gasteiger partial charge in [0.05, 0.1) is 23.0 Å². The highest BCUT2D eigenvalue weighted by molar-refractivity contribution is 6.00. The molecule has 4 aromatic rings. The highest BCUT2D eigenvalue weighted by Crippen LogP contribution is 2.39. The van der Waals surface area contributed by atoms with E-state index in [2.05, 4.69) is 54.2 Å². The van der Waals surface area contributed by atoms with Gasteiger partial charge in [0, 0.05) is 36.7 Å². The molecule has 16 heteroatoms. The smallest absolute Gasteiger partial charge is 0.253 e. The molecule has 0 fully saturated rings. The zero-order chi connectivity index (χ0) is 45.3. The van der Waals surface area contributed by atoms with Crippen LogP contribution >= 0.6 is 0 Å². The van der Waals surface area contributed by atoms with E-state index in [1.807, 2.05) is 18.2 Å². The normalized spacial score (nSPS) is 17.0. The molecular weight excluding hydrogens is 791 g/mol. The van der Waals surface area contributed by atoms with E-state index >= 15 is 0 Å². The van der Waals surface area contributed by atoms with Crippen LogP contribution in [0.5, 0.6) is 11.5 Å². The summed E-state index contributed by atoms with van der Waals surface area (Å²) in [5, 5.41) is 30.9. The molecule has 16 nitrogen and oxygen atoms in total. The molecule has 0 saturated carbocycles. The van der Waals surface area contributed by atoms with E-state index in [1.165, 1.54) is 25.6 Å². The Labute approximate surface area is 361 Å². The van der Waals surface area contributed by atoms with Gasteiger partial charge in [-0.25, -0.2) is 0 Å². The number of carbonyl (C=O) groups excluding carboxylic acids is 5. The Morgan fingerprint density at radius 3 is 2.35 bits per heavy atom. The van der Waals surface area contributed by atoms with Gasteiger partial charge in [-0.1, -0.05) is 57.2 Å². The number of hydrogen-bond donors (Lipinski definition) is 7. The molecule has 326 valence electrons. The lowest BCUT2D eigenvalue weighted by Crippen LogP contribution is -2.56. The number of pyridine rings is 1. The Morgan fingerprint density at radius 2 is 1.71 bits per heavy atom. The molecule has 2 heterocycles. The van der Waals surface area contributed by atoms with Crippen molar-refractivity contribution in [2.45, 2.75) is 77.0 Å². The number of nitrogens with one attached hydrogen (secondary N) is 4. The number of nitrogens with zero attached hydrogens (tertiary/aromatic N) is 3. The third-order valence-corrected chi connectivity index (χ3v) is 10.6. The molecule has 3 aromatic carbocycles. The van der Waals surface area contributed by atoms with E-state index in [9.17, 15) is 29.1 Å². The highest BCUT2D eigenvalue weighted by atomic mass is 16.5.